The summed E-state index contributed by atoms with van der Waals surface area (Å²) < 4.78 is 32.5. The molecule has 0 aliphatic carbocycles. The number of nitrogens with one attached hydrogen (secondary N) is 1. The third kappa shape index (κ3) is 5.15. The molecule has 0 saturated carbocycles. The zero-order valence-corrected chi connectivity index (χ0v) is 19.6. The van der Waals surface area contributed by atoms with Crippen LogP contribution < -0.4 is 9.62 Å². The topological polar surface area (TPSA) is 105 Å². The minimum atomic E-state index is -3.76. The molecule has 1 heterocycles. The molecule has 1 N–H and O–H groups in total. The van der Waals surface area contributed by atoms with E-state index in [1.54, 1.807) is 24.3 Å². The molecule has 0 radical (unpaired) electrons. The van der Waals surface area contributed by atoms with Crippen LogP contribution in [0.4, 0.5) is 11.7 Å². The van der Waals surface area contributed by atoms with Gasteiger partial charge in [-0.2, -0.15) is 0 Å². The number of nitrogens with zero attached hydrogens (tertiary/aromatic N) is 3. The van der Waals surface area contributed by atoms with Gasteiger partial charge in [-0.15, -0.1) is 5.10 Å². The number of aryl methyl sites for hydroxylation is 1. The van der Waals surface area contributed by atoms with E-state index in [9.17, 15) is 13.2 Å². The summed E-state index contributed by atoms with van der Waals surface area (Å²) in [5.41, 5.74) is 3.07. The molecule has 0 aliphatic rings. The van der Waals surface area contributed by atoms with E-state index in [4.69, 9.17) is 4.42 Å². The van der Waals surface area contributed by atoms with Gasteiger partial charge in [0.1, 0.15) is 0 Å². The summed E-state index contributed by atoms with van der Waals surface area (Å²) in [6.45, 7) is 2.09. The largest absolute Gasteiger partial charge is 0.407 e. The Hall–Kier alpha value is -3.98. The Morgan fingerprint density at radius 1 is 0.912 bits per heavy atom. The molecule has 0 bridgehead atoms. The second kappa shape index (κ2) is 9.88. The third-order valence-corrected chi connectivity index (χ3v) is 7.17. The third-order valence-electron chi connectivity index (χ3n) is 5.37. The van der Waals surface area contributed by atoms with E-state index in [1.165, 1.54) is 41.2 Å². The second-order valence-corrected chi connectivity index (χ2v) is 9.60. The molecule has 0 aliphatic heterocycles. The quantitative estimate of drug-likeness (QED) is 0.406. The zero-order chi connectivity index (χ0) is 24.1. The number of carbonyl (C=O) groups excluding carboxylic acids is 1. The van der Waals surface area contributed by atoms with Gasteiger partial charge in [-0.1, -0.05) is 54.5 Å². The van der Waals surface area contributed by atoms with Crippen molar-refractivity contribution >= 4 is 27.6 Å². The molecular weight excluding hydrogens is 452 g/mol. The average molecular weight is 477 g/mol. The van der Waals surface area contributed by atoms with Crippen molar-refractivity contribution in [2.24, 2.45) is 0 Å². The Bertz CT molecular complexity index is 1370. The number of sulfonamides is 1. The molecule has 174 valence electrons. The van der Waals surface area contributed by atoms with Crippen molar-refractivity contribution in [2.45, 2.75) is 24.7 Å². The molecule has 0 atom stereocenters. The first-order valence-corrected chi connectivity index (χ1v) is 12.2. The number of aromatic nitrogens is 2. The molecule has 1 amide bonds. The van der Waals surface area contributed by atoms with Crippen molar-refractivity contribution in [3.05, 3.63) is 101 Å². The smallest absolute Gasteiger partial charge is 0.322 e. The van der Waals surface area contributed by atoms with Crippen molar-refractivity contribution in [1.29, 1.82) is 0 Å². The van der Waals surface area contributed by atoms with E-state index in [-0.39, 0.29) is 16.5 Å². The second-order valence-electron chi connectivity index (χ2n) is 7.63. The summed E-state index contributed by atoms with van der Waals surface area (Å²) in [7, 11) is -2.28. The molecule has 0 fully saturated rings. The summed E-state index contributed by atoms with van der Waals surface area (Å²) in [5, 5.41) is 10.4. The van der Waals surface area contributed by atoms with Crippen molar-refractivity contribution in [1.82, 2.24) is 10.2 Å². The Labute approximate surface area is 198 Å². The van der Waals surface area contributed by atoms with Crippen LogP contribution in [-0.2, 0) is 22.9 Å². The van der Waals surface area contributed by atoms with Crippen molar-refractivity contribution in [2.75, 3.05) is 16.7 Å². The van der Waals surface area contributed by atoms with Gasteiger partial charge in [0, 0.05) is 12.6 Å². The summed E-state index contributed by atoms with van der Waals surface area (Å²) in [4.78, 5) is 12.6. The predicted octanol–water partition coefficient (Wildman–Crippen LogP) is 4.30. The lowest BCUT2D eigenvalue weighted by Gasteiger charge is -2.19. The number of carbonyl (C=O) groups is 1. The van der Waals surface area contributed by atoms with Gasteiger partial charge < -0.3 is 4.42 Å². The van der Waals surface area contributed by atoms with Crippen LogP contribution in [0, 0.1) is 0 Å². The van der Waals surface area contributed by atoms with E-state index in [0.717, 1.165) is 12.0 Å². The van der Waals surface area contributed by atoms with Crippen molar-refractivity contribution in [3.8, 4) is 0 Å². The van der Waals surface area contributed by atoms with Crippen LogP contribution in [0.5, 0.6) is 0 Å². The molecule has 0 spiro atoms. The first kappa shape index (κ1) is 23.2. The molecule has 9 heteroatoms. The lowest BCUT2D eigenvalue weighted by atomic mass is 10.1. The van der Waals surface area contributed by atoms with E-state index < -0.39 is 15.9 Å². The van der Waals surface area contributed by atoms with Crippen LogP contribution in [0.25, 0.3) is 0 Å². The van der Waals surface area contributed by atoms with E-state index in [1.807, 2.05) is 18.2 Å². The predicted molar refractivity (Wildman–Crippen MR) is 129 cm³/mol. The maximum atomic E-state index is 12.9. The Morgan fingerprint density at radius 3 is 2.21 bits per heavy atom. The molecule has 0 saturated heterocycles. The van der Waals surface area contributed by atoms with Crippen LogP contribution in [0.3, 0.4) is 0 Å². The van der Waals surface area contributed by atoms with E-state index >= 15 is 0 Å². The number of benzene rings is 3. The lowest BCUT2D eigenvalue weighted by Crippen LogP contribution is -2.26. The Balaban J connectivity index is 1.41. The maximum absolute atomic E-state index is 12.9. The van der Waals surface area contributed by atoms with Gasteiger partial charge in [-0.3, -0.25) is 14.4 Å². The van der Waals surface area contributed by atoms with Crippen LogP contribution in [0.15, 0.2) is 88.2 Å². The summed E-state index contributed by atoms with van der Waals surface area (Å²) in [6.07, 6.45) is 1.42. The molecule has 3 aromatic carbocycles. The molecule has 1 aromatic heterocycles. The van der Waals surface area contributed by atoms with Crippen LogP contribution in [0.1, 0.15) is 34.3 Å². The van der Waals surface area contributed by atoms with Crippen LogP contribution in [0.2, 0.25) is 0 Å². The highest BCUT2D eigenvalue weighted by Gasteiger charge is 2.22. The van der Waals surface area contributed by atoms with Gasteiger partial charge in [0.05, 0.1) is 17.0 Å². The van der Waals surface area contributed by atoms with Gasteiger partial charge in [-0.05, 0) is 53.9 Å². The Kier molecular flexibility index (Phi) is 6.74. The maximum Gasteiger partial charge on any atom is 0.322 e. The number of anilines is 2. The minimum absolute atomic E-state index is 0.0225. The average Bonchev–Trinajstić information content (AvgIpc) is 3.31. The lowest BCUT2D eigenvalue weighted by molar-refractivity contribution is 0.102. The molecule has 0 unspecified atom stereocenters. The molecule has 4 rings (SSSR count). The molecule has 4 aromatic rings. The van der Waals surface area contributed by atoms with Crippen molar-refractivity contribution < 1.29 is 17.6 Å². The van der Waals surface area contributed by atoms with Gasteiger partial charge in [0.2, 0.25) is 5.89 Å². The standard InChI is InChI=1S/C25H24N4O4S/c1-3-18-9-11-19(12-10-18)17-23-27-28-25(33-23)26-24(30)20-13-15-22(16-14-20)34(31,32)29(2)21-7-5-4-6-8-21/h4-16H,3,17H2,1-2H3,(H,26,28,30). The highest BCUT2D eigenvalue weighted by atomic mass is 32.2. The highest BCUT2D eigenvalue weighted by molar-refractivity contribution is 7.92. The van der Waals surface area contributed by atoms with Gasteiger partial charge in [0.25, 0.3) is 15.9 Å². The zero-order valence-electron chi connectivity index (χ0n) is 18.8. The van der Waals surface area contributed by atoms with Gasteiger partial charge in [-0.25, -0.2) is 8.42 Å². The first-order valence-electron chi connectivity index (χ1n) is 10.7. The van der Waals surface area contributed by atoms with E-state index in [2.05, 4.69) is 34.6 Å². The number of para-hydroxylation sites is 1. The van der Waals surface area contributed by atoms with Crippen LogP contribution in [-0.4, -0.2) is 31.6 Å². The number of hydrogen-bond donors (Lipinski definition) is 1. The van der Waals surface area contributed by atoms with Crippen LogP contribution >= 0.6 is 0 Å². The fourth-order valence-electron chi connectivity index (χ4n) is 3.33. The highest BCUT2D eigenvalue weighted by Crippen LogP contribution is 2.22. The van der Waals surface area contributed by atoms with E-state index in [0.29, 0.717) is 18.0 Å². The summed E-state index contributed by atoms with van der Waals surface area (Å²) in [5.74, 6) is -0.104. The number of rotatable bonds is 8. The van der Waals surface area contributed by atoms with Gasteiger partial charge in [0.15, 0.2) is 0 Å². The molecule has 8 nitrogen and oxygen atoms in total. The Morgan fingerprint density at radius 2 is 1.56 bits per heavy atom. The number of hydrogen-bond acceptors (Lipinski definition) is 6. The summed E-state index contributed by atoms with van der Waals surface area (Å²) in [6, 6.07) is 22.5. The first-order chi connectivity index (χ1) is 16.4. The fraction of sp³-hybridized carbons (Fsp3) is 0.160. The molecular formula is C25H24N4O4S. The van der Waals surface area contributed by atoms with Crippen molar-refractivity contribution in [3.63, 3.8) is 0 Å². The number of amides is 1. The monoisotopic (exact) mass is 476 g/mol. The minimum Gasteiger partial charge on any atom is -0.407 e. The molecule has 34 heavy (non-hydrogen) atoms. The fourth-order valence-corrected chi connectivity index (χ4v) is 4.52. The van der Waals surface area contributed by atoms with Gasteiger partial charge >= 0.3 is 6.01 Å². The summed E-state index contributed by atoms with van der Waals surface area (Å²) >= 11 is 0. The SMILES string of the molecule is CCc1ccc(Cc2nnc(NC(=O)c3ccc(S(=O)(=O)N(C)c4ccccc4)cc3)o2)cc1. The normalized spacial score (nSPS) is 11.2.